The molecule has 0 aliphatic heterocycles. The van der Waals surface area contributed by atoms with Gasteiger partial charge in [0.2, 0.25) is 0 Å². The molecule has 268 valence electrons. The predicted molar refractivity (Wildman–Crippen MR) is 239 cm³/mol. The van der Waals surface area contributed by atoms with Crippen molar-refractivity contribution in [2.24, 2.45) is 0 Å². The molecule has 0 saturated heterocycles. The first kappa shape index (κ1) is 33.2. The number of hydrogen-bond donors (Lipinski definition) is 0. The largest absolute Gasteiger partial charge is 0.228 e. The van der Waals surface area contributed by atoms with E-state index in [-0.39, 0.29) is 5.41 Å². The Hall–Kier alpha value is -7.16. The van der Waals surface area contributed by atoms with Gasteiger partial charge in [0.05, 0.1) is 11.4 Å². The van der Waals surface area contributed by atoms with E-state index in [2.05, 4.69) is 202 Å². The molecule has 0 spiro atoms. The lowest BCUT2D eigenvalue weighted by Gasteiger charge is -2.22. The molecule has 0 saturated carbocycles. The second-order valence-corrected chi connectivity index (χ2v) is 15.8. The second-order valence-electron chi connectivity index (χ2n) is 15.8. The van der Waals surface area contributed by atoms with Gasteiger partial charge in [0, 0.05) is 22.1 Å². The van der Waals surface area contributed by atoms with Gasteiger partial charge in [0.25, 0.3) is 0 Å². The number of aromatic nitrogens is 2. The molecule has 0 atom stereocenters. The van der Waals surface area contributed by atoms with Gasteiger partial charge in [-0.05, 0) is 119 Å². The second kappa shape index (κ2) is 13.0. The van der Waals surface area contributed by atoms with Gasteiger partial charge in [0.1, 0.15) is 0 Å². The summed E-state index contributed by atoms with van der Waals surface area (Å²) in [6.07, 6.45) is 0. The van der Waals surface area contributed by atoms with Crippen LogP contribution in [0.5, 0.6) is 0 Å². The standard InChI is InChI=1S/C55H38N2/c1-55(2)49-21-11-20-47(53(49)48-32-40-16-8-9-17-41(40)33-50(48)55)52-34-51(56-54(57-52)36-13-4-3-5-14-36)46-27-26-44-30-43(24-25-45(44)31-46)39-19-10-18-38(29-39)42-23-22-35-12-6-7-15-37(35)28-42/h3-34H,1-2H3. The monoisotopic (exact) mass is 726 g/mol. The third-order valence-corrected chi connectivity index (χ3v) is 12.0. The summed E-state index contributed by atoms with van der Waals surface area (Å²) in [4.78, 5) is 10.5. The summed E-state index contributed by atoms with van der Waals surface area (Å²) < 4.78 is 0. The Balaban J connectivity index is 1.01. The first-order valence-corrected chi connectivity index (χ1v) is 19.7. The van der Waals surface area contributed by atoms with E-state index < -0.39 is 0 Å². The lowest BCUT2D eigenvalue weighted by atomic mass is 9.81. The number of hydrogen-bond acceptors (Lipinski definition) is 2. The number of rotatable bonds is 5. The van der Waals surface area contributed by atoms with Crippen molar-refractivity contribution in [1.82, 2.24) is 9.97 Å². The van der Waals surface area contributed by atoms with Crippen LogP contribution in [0.2, 0.25) is 0 Å². The van der Waals surface area contributed by atoms with Crippen molar-refractivity contribution in [3.05, 3.63) is 205 Å². The first-order chi connectivity index (χ1) is 28.0. The molecule has 57 heavy (non-hydrogen) atoms. The van der Waals surface area contributed by atoms with Crippen LogP contribution in [0.4, 0.5) is 0 Å². The molecule has 1 aliphatic carbocycles. The van der Waals surface area contributed by atoms with E-state index in [9.17, 15) is 0 Å². The molecule has 11 rings (SSSR count). The van der Waals surface area contributed by atoms with Crippen LogP contribution in [-0.4, -0.2) is 9.97 Å². The molecule has 1 aliphatic rings. The van der Waals surface area contributed by atoms with Crippen LogP contribution in [0.25, 0.3) is 99.6 Å². The molecule has 0 bridgehead atoms. The van der Waals surface area contributed by atoms with Crippen LogP contribution >= 0.6 is 0 Å². The highest BCUT2D eigenvalue weighted by molar-refractivity contribution is 5.99. The van der Waals surface area contributed by atoms with Crippen LogP contribution in [0.1, 0.15) is 25.0 Å². The molecule has 0 fully saturated rings. The third kappa shape index (κ3) is 5.64. The Morgan fingerprint density at radius 3 is 1.54 bits per heavy atom. The minimum atomic E-state index is -0.141. The van der Waals surface area contributed by atoms with E-state index >= 15 is 0 Å². The first-order valence-electron chi connectivity index (χ1n) is 19.7. The third-order valence-electron chi connectivity index (χ3n) is 12.0. The number of nitrogens with zero attached hydrogens (tertiary/aromatic N) is 2. The lowest BCUT2D eigenvalue weighted by Crippen LogP contribution is -2.14. The molecular weight excluding hydrogens is 689 g/mol. The van der Waals surface area contributed by atoms with Gasteiger partial charge in [0.15, 0.2) is 5.82 Å². The predicted octanol–water partition coefficient (Wildman–Crippen LogP) is 14.6. The van der Waals surface area contributed by atoms with Gasteiger partial charge in [-0.15, -0.1) is 0 Å². The molecule has 9 aromatic carbocycles. The van der Waals surface area contributed by atoms with Crippen molar-refractivity contribution in [2.45, 2.75) is 19.3 Å². The Morgan fingerprint density at radius 2 is 0.825 bits per heavy atom. The zero-order chi connectivity index (χ0) is 38.1. The van der Waals surface area contributed by atoms with E-state index in [1.165, 1.54) is 76.8 Å². The van der Waals surface area contributed by atoms with E-state index in [0.29, 0.717) is 0 Å². The SMILES string of the molecule is CC1(C)c2cc3ccccc3cc2-c2c(-c3cc(-c4ccc5cc(-c6cccc(-c7ccc8ccccc8c7)c6)ccc5c4)nc(-c4ccccc4)n3)cccc21. The van der Waals surface area contributed by atoms with Crippen LogP contribution in [0.15, 0.2) is 194 Å². The molecule has 10 aromatic rings. The average molecular weight is 727 g/mol. The van der Waals surface area contributed by atoms with E-state index in [4.69, 9.17) is 9.97 Å². The average Bonchev–Trinajstić information content (AvgIpc) is 3.50. The Bertz CT molecular complexity index is 3210. The highest BCUT2D eigenvalue weighted by Gasteiger charge is 2.37. The van der Waals surface area contributed by atoms with E-state index in [1.54, 1.807) is 0 Å². The van der Waals surface area contributed by atoms with Gasteiger partial charge >= 0.3 is 0 Å². The van der Waals surface area contributed by atoms with Gasteiger partial charge in [-0.2, -0.15) is 0 Å². The quantitative estimate of drug-likeness (QED) is 0.176. The normalized spacial score (nSPS) is 12.9. The van der Waals surface area contributed by atoms with Crippen molar-refractivity contribution in [3.63, 3.8) is 0 Å². The van der Waals surface area contributed by atoms with Gasteiger partial charge < -0.3 is 0 Å². The fraction of sp³-hybridized carbons (Fsp3) is 0.0545. The topological polar surface area (TPSA) is 25.8 Å². The van der Waals surface area contributed by atoms with Gasteiger partial charge in [-0.1, -0.05) is 166 Å². The van der Waals surface area contributed by atoms with Crippen molar-refractivity contribution < 1.29 is 0 Å². The maximum absolute atomic E-state index is 5.30. The Kier molecular flexibility index (Phi) is 7.55. The van der Waals surface area contributed by atoms with Crippen LogP contribution in [0, 0.1) is 0 Å². The van der Waals surface area contributed by atoms with Crippen molar-refractivity contribution in [2.75, 3.05) is 0 Å². The van der Waals surface area contributed by atoms with E-state index in [0.717, 1.165) is 33.9 Å². The maximum atomic E-state index is 5.30. The minimum absolute atomic E-state index is 0.141. The van der Waals surface area contributed by atoms with Gasteiger partial charge in [-0.3, -0.25) is 0 Å². The highest BCUT2D eigenvalue weighted by Crippen LogP contribution is 2.53. The molecule has 0 N–H and O–H groups in total. The van der Waals surface area contributed by atoms with E-state index in [1.807, 2.05) is 6.07 Å². The summed E-state index contributed by atoms with van der Waals surface area (Å²) in [6, 6.07) is 70.3. The zero-order valence-electron chi connectivity index (χ0n) is 31.9. The summed E-state index contributed by atoms with van der Waals surface area (Å²) >= 11 is 0. The molecule has 0 unspecified atom stereocenters. The molecular formula is C55H38N2. The molecule has 0 radical (unpaired) electrons. The van der Waals surface area contributed by atoms with Crippen LogP contribution in [-0.2, 0) is 5.41 Å². The molecule has 2 heteroatoms. The zero-order valence-corrected chi connectivity index (χ0v) is 31.9. The Labute approximate surface area is 332 Å². The molecule has 2 nitrogen and oxygen atoms in total. The summed E-state index contributed by atoms with van der Waals surface area (Å²) in [7, 11) is 0. The van der Waals surface area contributed by atoms with Crippen molar-refractivity contribution >= 4 is 32.3 Å². The maximum Gasteiger partial charge on any atom is 0.160 e. The fourth-order valence-corrected chi connectivity index (χ4v) is 8.97. The minimum Gasteiger partial charge on any atom is -0.228 e. The van der Waals surface area contributed by atoms with Crippen LogP contribution < -0.4 is 0 Å². The fourth-order valence-electron chi connectivity index (χ4n) is 8.97. The summed E-state index contributed by atoms with van der Waals surface area (Å²) in [6.45, 7) is 4.69. The van der Waals surface area contributed by atoms with Gasteiger partial charge in [-0.25, -0.2) is 9.97 Å². The lowest BCUT2D eigenvalue weighted by molar-refractivity contribution is 0.661. The molecule has 0 amide bonds. The summed E-state index contributed by atoms with van der Waals surface area (Å²) in [5.41, 5.74) is 15.0. The van der Waals surface area contributed by atoms with Crippen LogP contribution in [0.3, 0.4) is 0 Å². The summed E-state index contributed by atoms with van der Waals surface area (Å²) in [5.74, 6) is 0.721. The smallest absolute Gasteiger partial charge is 0.160 e. The van der Waals surface area contributed by atoms with Crippen molar-refractivity contribution in [1.29, 1.82) is 0 Å². The highest BCUT2D eigenvalue weighted by atomic mass is 14.9. The number of benzene rings is 9. The van der Waals surface area contributed by atoms with Crippen molar-refractivity contribution in [3.8, 4) is 67.3 Å². The summed E-state index contributed by atoms with van der Waals surface area (Å²) in [5, 5.41) is 7.40. The molecule has 1 heterocycles. The molecule has 1 aromatic heterocycles. The Morgan fingerprint density at radius 1 is 0.316 bits per heavy atom. The number of fused-ring (bicyclic) bond motifs is 6.